The van der Waals surface area contributed by atoms with Crippen molar-refractivity contribution in [3.8, 4) is 11.5 Å². The lowest BCUT2D eigenvalue weighted by Crippen LogP contribution is -2.22. The molecule has 0 fully saturated rings. The molecule has 7 heteroatoms. The van der Waals surface area contributed by atoms with Crippen LogP contribution in [0.25, 0.3) is 32.8 Å². The summed E-state index contributed by atoms with van der Waals surface area (Å²) in [5.41, 5.74) is 2.71. The van der Waals surface area contributed by atoms with Crippen LogP contribution in [0.5, 0.6) is 11.5 Å². The molecule has 36 heavy (non-hydrogen) atoms. The molecule has 0 unspecified atom stereocenters. The van der Waals surface area contributed by atoms with E-state index in [1.165, 1.54) is 11.3 Å². The van der Waals surface area contributed by atoms with Gasteiger partial charge in [-0.1, -0.05) is 65.9 Å². The quantitative estimate of drug-likeness (QED) is 0.244. The SMILES string of the molecule is CCOc1cc(/C=c2/sc3nc4ccccc4n3c2=O)ccc1OC(=O)c1cccc2ccccc12. The van der Waals surface area contributed by atoms with E-state index in [4.69, 9.17) is 9.47 Å². The first-order chi connectivity index (χ1) is 17.6. The first kappa shape index (κ1) is 22.0. The van der Waals surface area contributed by atoms with E-state index in [9.17, 15) is 9.59 Å². The molecule has 0 N–H and O–H groups in total. The van der Waals surface area contributed by atoms with Gasteiger partial charge in [-0.05, 0) is 59.7 Å². The average Bonchev–Trinajstić information content (AvgIpc) is 3.41. The predicted molar refractivity (Wildman–Crippen MR) is 142 cm³/mol. The molecule has 0 amide bonds. The number of hydrogen-bond donors (Lipinski definition) is 0. The van der Waals surface area contributed by atoms with Crippen LogP contribution in [0.1, 0.15) is 22.8 Å². The number of fused-ring (bicyclic) bond motifs is 4. The number of benzene rings is 4. The summed E-state index contributed by atoms with van der Waals surface area (Å²) in [4.78, 5) is 31.4. The lowest BCUT2D eigenvalue weighted by molar-refractivity contribution is 0.0730. The van der Waals surface area contributed by atoms with Gasteiger partial charge < -0.3 is 9.47 Å². The number of esters is 1. The number of aromatic nitrogens is 2. The fraction of sp³-hybridized carbons (Fsp3) is 0.0690. The van der Waals surface area contributed by atoms with E-state index in [0.717, 1.165) is 27.4 Å². The summed E-state index contributed by atoms with van der Waals surface area (Å²) in [6, 6.07) is 26.1. The molecule has 0 radical (unpaired) electrons. The molecule has 2 heterocycles. The molecule has 6 aromatic rings. The Bertz CT molecular complexity index is 1880. The minimum Gasteiger partial charge on any atom is -0.490 e. The van der Waals surface area contributed by atoms with E-state index < -0.39 is 5.97 Å². The van der Waals surface area contributed by atoms with Gasteiger partial charge in [0.25, 0.3) is 5.56 Å². The van der Waals surface area contributed by atoms with Crippen molar-refractivity contribution in [2.24, 2.45) is 0 Å². The van der Waals surface area contributed by atoms with Crippen LogP contribution in [-0.2, 0) is 0 Å². The summed E-state index contributed by atoms with van der Waals surface area (Å²) in [6.07, 6.45) is 1.80. The molecule has 0 aliphatic carbocycles. The van der Waals surface area contributed by atoms with Crippen LogP contribution in [0, 0.1) is 0 Å². The summed E-state index contributed by atoms with van der Waals surface area (Å²) in [5.74, 6) is 0.290. The normalized spacial score (nSPS) is 12.0. The molecule has 0 aliphatic rings. The standard InChI is InChI=1S/C29H20N2O4S/c1-2-34-25-16-18(17-26-27(32)31-23-13-6-5-12-22(23)30-29(31)36-26)14-15-24(25)35-28(33)21-11-7-9-19-8-3-4-10-20(19)21/h3-17H,2H2,1H3/b26-17+. The monoisotopic (exact) mass is 492 g/mol. The minimum atomic E-state index is -0.460. The van der Waals surface area contributed by atoms with Crippen molar-refractivity contribution >= 4 is 50.1 Å². The second kappa shape index (κ2) is 8.94. The van der Waals surface area contributed by atoms with Crippen molar-refractivity contribution in [2.45, 2.75) is 6.92 Å². The molecular weight excluding hydrogens is 472 g/mol. The summed E-state index contributed by atoms with van der Waals surface area (Å²) in [7, 11) is 0. The summed E-state index contributed by atoms with van der Waals surface area (Å²) >= 11 is 1.33. The molecule has 0 bridgehead atoms. The summed E-state index contributed by atoms with van der Waals surface area (Å²) in [6.45, 7) is 2.26. The third-order valence-corrected chi connectivity index (χ3v) is 6.89. The van der Waals surface area contributed by atoms with Crippen LogP contribution >= 0.6 is 11.3 Å². The van der Waals surface area contributed by atoms with Crippen molar-refractivity contribution in [3.05, 3.63) is 111 Å². The number of carbonyl (C=O) groups is 1. The Morgan fingerprint density at radius 2 is 1.78 bits per heavy atom. The number of carbonyl (C=O) groups excluding carboxylic acids is 1. The zero-order valence-corrected chi connectivity index (χ0v) is 20.1. The molecule has 0 aliphatic heterocycles. The minimum absolute atomic E-state index is 0.117. The number of imidazole rings is 1. The Kier molecular flexibility index (Phi) is 5.47. The van der Waals surface area contributed by atoms with Crippen molar-refractivity contribution in [1.29, 1.82) is 0 Å². The third-order valence-electron chi connectivity index (χ3n) is 5.92. The molecule has 0 atom stereocenters. The smallest absolute Gasteiger partial charge is 0.344 e. The second-order valence-corrected chi connectivity index (χ2v) is 9.20. The van der Waals surface area contributed by atoms with Gasteiger partial charge in [-0.25, -0.2) is 14.2 Å². The zero-order chi connectivity index (χ0) is 24.6. The van der Waals surface area contributed by atoms with E-state index in [1.54, 1.807) is 34.7 Å². The molecular formula is C29H20N2O4S. The van der Waals surface area contributed by atoms with Gasteiger partial charge in [0.05, 0.1) is 27.7 Å². The number of para-hydroxylation sites is 2. The molecule has 0 spiro atoms. The molecule has 0 saturated heterocycles. The van der Waals surface area contributed by atoms with Crippen LogP contribution in [0.4, 0.5) is 0 Å². The Morgan fingerprint density at radius 1 is 0.972 bits per heavy atom. The fourth-order valence-electron chi connectivity index (χ4n) is 4.29. The van der Waals surface area contributed by atoms with Crippen LogP contribution < -0.4 is 19.6 Å². The van der Waals surface area contributed by atoms with Gasteiger partial charge in [-0.3, -0.25) is 4.79 Å². The van der Waals surface area contributed by atoms with Gasteiger partial charge in [0.15, 0.2) is 16.5 Å². The topological polar surface area (TPSA) is 69.9 Å². The number of ether oxygens (including phenoxy) is 2. The third kappa shape index (κ3) is 3.79. The Hall–Kier alpha value is -4.49. The van der Waals surface area contributed by atoms with Crippen LogP contribution in [0.3, 0.4) is 0 Å². The van der Waals surface area contributed by atoms with Crippen molar-refractivity contribution in [2.75, 3.05) is 6.61 Å². The average molecular weight is 493 g/mol. The fourth-order valence-corrected chi connectivity index (χ4v) is 5.28. The number of hydrogen-bond acceptors (Lipinski definition) is 6. The maximum Gasteiger partial charge on any atom is 0.344 e. The molecule has 176 valence electrons. The maximum absolute atomic E-state index is 13.1. The van der Waals surface area contributed by atoms with Gasteiger partial charge in [0.2, 0.25) is 0 Å². The molecule has 0 saturated carbocycles. The lowest BCUT2D eigenvalue weighted by atomic mass is 10.0. The van der Waals surface area contributed by atoms with Crippen molar-refractivity contribution < 1.29 is 14.3 Å². The first-order valence-corrected chi connectivity index (χ1v) is 12.3. The largest absolute Gasteiger partial charge is 0.490 e. The highest BCUT2D eigenvalue weighted by Gasteiger charge is 2.16. The van der Waals surface area contributed by atoms with Crippen molar-refractivity contribution in [1.82, 2.24) is 9.38 Å². The van der Waals surface area contributed by atoms with Gasteiger partial charge in [-0.2, -0.15) is 0 Å². The summed E-state index contributed by atoms with van der Waals surface area (Å²) < 4.78 is 13.7. The lowest BCUT2D eigenvalue weighted by Gasteiger charge is -2.12. The van der Waals surface area contributed by atoms with E-state index in [-0.39, 0.29) is 5.56 Å². The summed E-state index contributed by atoms with van der Waals surface area (Å²) in [5, 5.41) is 1.79. The second-order valence-electron chi connectivity index (χ2n) is 8.19. The zero-order valence-electron chi connectivity index (χ0n) is 19.3. The van der Waals surface area contributed by atoms with Gasteiger partial charge in [0, 0.05) is 0 Å². The van der Waals surface area contributed by atoms with Gasteiger partial charge in [-0.15, -0.1) is 0 Å². The number of thiazole rings is 1. The Labute approximate surface area is 209 Å². The number of nitrogens with zero attached hydrogens (tertiary/aromatic N) is 2. The van der Waals surface area contributed by atoms with E-state index in [1.807, 2.05) is 67.6 Å². The number of rotatable bonds is 5. The molecule has 6 rings (SSSR count). The molecule has 4 aromatic carbocycles. The molecule has 6 nitrogen and oxygen atoms in total. The highest BCUT2D eigenvalue weighted by molar-refractivity contribution is 7.15. The molecule has 2 aromatic heterocycles. The highest BCUT2D eigenvalue weighted by atomic mass is 32.1. The van der Waals surface area contributed by atoms with E-state index >= 15 is 0 Å². The first-order valence-electron chi connectivity index (χ1n) is 11.5. The van der Waals surface area contributed by atoms with E-state index in [0.29, 0.717) is 33.2 Å². The van der Waals surface area contributed by atoms with Crippen molar-refractivity contribution in [3.63, 3.8) is 0 Å². The van der Waals surface area contributed by atoms with E-state index in [2.05, 4.69) is 4.98 Å². The van der Waals surface area contributed by atoms with Crippen LogP contribution in [-0.4, -0.2) is 22.0 Å². The maximum atomic E-state index is 13.1. The van der Waals surface area contributed by atoms with Crippen LogP contribution in [0.15, 0.2) is 89.7 Å². The highest BCUT2D eigenvalue weighted by Crippen LogP contribution is 2.30. The van der Waals surface area contributed by atoms with Gasteiger partial charge in [0.1, 0.15) is 0 Å². The Balaban J connectivity index is 1.37. The van der Waals surface area contributed by atoms with Crippen LogP contribution in [0.2, 0.25) is 0 Å². The Morgan fingerprint density at radius 3 is 2.67 bits per heavy atom. The predicted octanol–water partition coefficient (Wildman–Crippen LogP) is 5.23. The van der Waals surface area contributed by atoms with Gasteiger partial charge >= 0.3 is 5.97 Å².